The molecule has 0 saturated heterocycles. The van der Waals surface area contributed by atoms with Gasteiger partial charge >= 0.3 is 0 Å². The lowest BCUT2D eigenvalue weighted by molar-refractivity contribution is 0.437. The molecule has 0 amide bonds. The average molecular weight is 279 g/mol. The lowest BCUT2D eigenvalue weighted by Crippen LogP contribution is -2.09. The minimum atomic E-state index is -3.72. The van der Waals surface area contributed by atoms with Gasteiger partial charge in [-0.15, -0.1) is 0 Å². The molecule has 0 saturated carbocycles. The van der Waals surface area contributed by atoms with E-state index in [1.54, 1.807) is 0 Å². The Labute approximate surface area is 107 Å². The van der Waals surface area contributed by atoms with Gasteiger partial charge in [-0.3, -0.25) is 0 Å². The van der Waals surface area contributed by atoms with Crippen molar-refractivity contribution in [1.82, 2.24) is 9.55 Å². The smallest absolute Gasteiger partial charge is 0.280 e. The van der Waals surface area contributed by atoms with Crippen LogP contribution < -0.4 is 0 Å². The van der Waals surface area contributed by atoms with Crippen molar-refractivity contribution in [3.05, 3.63) is 12.0 Å². The van der Waals surface area contributed by atoms with Crippen molar-refractivity contribution in [2.45, 2.75) is 51.6 Å². The number of hydrogen-bond donors (Lipinski definition) is 0. The summed E-state index contributed by atoms with van der Waals surface area (Å²) < 4.78 is 24.3. The Morgan fingerprint density at radius 3 is 2.59 bits per heavy atom. The maximum Gasteiger partial charge on any atom is 0.280 e. The van der Waals surface area contributed by atoms with Crippen LogP contribution in [-0.2, 0) is 22.0 Å². The SMILES string of the molecule is CCCC(C)Cn1cc(S(=O)(=O)Cl)nc1CC. The van der Waals surface area contributed by atoms with Crippen LogP contribution in [0.3, 0.4) is 0 Å². The van der Waals surface area contributed by atoms with Gasteiger partial charge in [0, 0.05) is 29.8 Å². The lowest BCUT2D eigenvalue weighted by Gasteiger charge is -2.12. The molecular weight excluding hydrogens is 260 g/mol. The zero-order chi connectivity index (χ0) is 13.1. The fraction of sp³-hybridized carbons (Fsp3) is 0.727. The predicted molar refractivity (Wildman–Crippen MR) is 68.7 cm³/mol. The molecule has 0 spiro atoms. The number of hydrogen-bond acceptors (Lipinski definition) is 3. The first-order chi connectivity index (χ1) is 7.88. The Kier molecular flexibility index (Phi) is 5.01. The summed E-state index contributed by atoms with van der Waals surface area (Å²) in [4.78, 5) is 4.06. The van der Waals surface area contributed by atoms with Gasteiger partial charge in [0.15, 0.2) is 5.03 Å². The largest absolute Gasteiger partial charge is 0.333 e. The van der Waals surface area contributed by atoms with Crippen LogP contribution in [0.4, 0.5) is 0 Å². The summed E-state index contributed by atoms with van der Waals surface area (Å²) >= 11 is 0. The Morgan fingerprint density at radius 2 is 2.12 bits per heavy atom. The van der Waals surface area contributed by atoms with Crippen LogP contribution in [0.15, 0.2) is 11.2 Å². The van der Waals surface area contributed by atoms with Crippen LogP contribution in [0.25, 0.3) is 0 Å². The van der Waals surface area contributed by atoms with Crippen LogP contribution in [-0.4, -0.2) is 18.0 Å². The number of aromatic nitrogens is 2. The third-order valence-corrected chi connectivity index (χ3v) is 3.86. The van der Waals surface area contributed by atoms with Crippen molar-refractivity contribution >= 4 is 19.7 Å². The van der Waals surface area contributed by atoms with Crippen molar-refractivity contribution in [2.75, 3.05) is 0 Å². The number of nitrogens with zero attached hydrogens (tertiary/aromatic N) is 2. The van der Waals surface area contributed by atoms with E-state index in [1.165, 1.54) is 6.20 Å². The Bertz CT molecular complexity index is 468. The topological polar surface area (TPSA) is 52.0 Å². The zero-order valence-electron chi connectivity index (χ0n) is 10.5. The van der Waals surface area contributed by atoms with Gasteiger partial charge in [-0.1, -0.05) is 27.2 Å². The quantitative estimate of drug-likeness (QED) is 0.752. The summed E-state index contributed by atoms with van der Waals surface area (Å²) in [5.41, 5.74) is 0. The molecule has 0 aliphatic rings. The van der Waals surface area contributed by atoms with Gasteiger partial charge in [0.1, 0.15) is 5.82 Å². The molecular formula is C11H19ClN2O2S. The molecule has 1 unspecified atom stereocenters. The van der Waals surface area contributed by atoms with Gasteiger partial charge in [0.05, 0.1) is 0 Å². The molecule has 0 N–H and O–H groups in total. The summed E-state index contributed by atoms with van der Waals surface area (Å²) in [6.07, 6.45) is 4.47. The van der Waals surface area contributed by atoms with Crippen LogP contribution in [0.2, 0.25) is 0 Å². The zero-order valence-corrected chi connectivity index (χ0v) is 12.1. The van der Waals surface area contributed by atoms with E-state index in [0.717, 1.165) is 25.2 Å². The molecule has 0 bridgehead atoms. The first-order valence-corrected chi connectivity index (χ1v) is 8.20. The number of imidazole rings is 1. The molecule has 1 aromatic rings. The van der Waals surface area contributed by atoms with Gasteiger partial charge in [-0.2, -0.15) is 0 Å². The van der Waals surface area contributed by atoms with Gasteiger partial charge in [0.25, 0.3) is 9.05 Å². The van der Waals surface area contributed by atoms with Crippen molar-refractivity contribution < 1.29 is 8.42 Å². The van der Waals surface area contributed by atoms with Crippen LogP contribution >= 0.6 is 10.7 Å². The van der Waals surface area contributed by atoms with Gasteiger partial charge in [0.2, 0.25) is 0 Å². The third kappa shape index (κ3) is 4.00. The first-order valence-electron chi connectivity index (χ1n) is 5.89. The average Bonchev–Trinajstić information content (AvgIpc) is 2.60. The van der Waals surface area contributed by atoms with Crippen LogP contribution in [0.1, 0.15) is 39.4 Å². The minimum absolute atomic E-state index is 0.0419. The number of halogens is 1. The van der Waals surface area contributed by atoms with E-state index in [1.807, 2.05) is 11.5 Å². The summed E-state index contributed by atoms with van der Waals surface area (Å²) in [6, 6.07) is 0. The van der Waals surface area contributed by atoms with Crippen molar-refractivity contribution in [1.29, 1.82) is 0 Å². The van der Waals surface area contributed by atoms with E-state index in [4.69, 9.17) is 10.7 Å². The van der Waals surface area contributed by atoms with E-state index >= 15 is 0 Å². The van der Waals surface area contributed by atoms with E-state index in [0.29, 0.717) is 12.3 Å². The van der Waals surface area contributed by atoms with Crippen LogP contribution in [0, 0.1) is 5.92 Å². The van der Waals surface area contributed by atoms with Gasteiger partial charge < -0.3 is 4.57 Å². The summed E-state index contributed by atoms with van der Waals surface area (Å²) in [7, 11) is 1.57. The molecule has 6 heteroatoms. The van der Waals surface area contributed by atoms with Gasteiger partial charge in [-0.05, 0) is 12.3 Å². The normalized spacial score (nSPS) is 13.9. The van der Waals surface area contributed by atoms with E-state index < -0.39 is 9.05 Å². The molecule has 4 nitrogen and oxygen atoms in total. The fourth-order valence-corrected chi connectivity index (χ4v) is 2.60. The monoisotopic (exact) mass is 278 g/mol. The Morgan fingerprint density at radius 1 is 1.47 bits per heavy atom. The highest BCUT2D eigenvalue weighted by Gasteiger charge is 2.17. The highest BCUT2D eigenvalue weighted by atomic mass is 35.7. The lowest BCUT2D eigenvalue weighted by atomic mass is 10.1. The number of rotatable bonds is 6. The van der Waals surface area contributed by atoms with Crippen molar-refractivity contribution in [3.63, 3.8) is 0 Å². The second-order valence-corrected chi connectivity index (χ2v) is 6.85. The molecule has 1 rings (SSSR count). The summed E-state index contributed by atoms with van der Waals surface area (Å²) in [5.74, 6) is 1.28. The van der Waals surface area contributed by atoms with E-state index in [-0.39, 0.29) is 5.03 Å². The molecule has 0 aliphatic heterocycles. The second-order valence-electron chi connectivity index (χ2n) is 4.33. The third-order valence-electron chi connectivity index (χ3n) is 2.69. The molecule has 0 aliphatic carbocycles. The maximum absolute atomic E-state index is 11.2. The molecule has 1 aromatic heterocycles. The van der Waals surface area contributed by atoms with Gasteiger partial charge in [-0.25, -0.2) is 13.4 Å². The maximum atomic E-state index is 11.2. The molecule has 98 valence electrons. The summed E-state index contributed by atoms with van der Waals surface area (Å²) in [5, 5.41) is -0.0419. The first kappa shape index (κ1) is 14.5. The highest BCUT2D eigenvalue weighted by Crippen LogP contribution is 2.17. The summed E-state index contributed by atoms with van der Waals surface area (Å²) in [6.45, 7) is 7.03. The van der Waals surface area contributed by atoms with E-state index in [9.17, 15) is 8.42 Å². The minimum Gasteiger partial charge on any atom is -0.333 e. The Hall–Kier alpha value is -0.550. The highest BCUT2D eigenvalue weighted by molar-refractivity contribution is 8.13. The molecule has 0 fully saturated rings. The van der Waals surface area contributed by atoms with Crippen LogP contribution in [0.5, 0.6) is 0 Å². The molecule has 1 heterocycles. The fourth-order valence-electron chi connectivity index (χ4n) is 1.91. The standard InChI is InChI=1S/C11H19ClN2O2S/c1-4-6-9(3)7-14-8-11(17(12,15)16)13-10(14)5-2/h8-9H,4-7H2,1-3H3. The van der Waals surface area contributed by atoms with Crippen molar-refractivity contribution in [3.8, 4) is 0 Å². The molecule has 0 aromatic carbocycles. The molecule has 0 radical (unpaired) electrons. The van der Waals surface area contributed by atoms with E-state index in [2.05, 4.69) is 18.8 Å². The molecule has 17 heavy (non-hydrogen) atoms. The Balaban J connectivity index is 2.95. The molecule has 1 atom stereocenters. The second kappa shape index (κ2) is 5.87. The number of aryl methyl sites for hydroxylation is 1. The van der Waals surface area contributed by atoms with Crippen molar-refractivity contribution in [2.24, 2.45) is 5.92 Å². The predicted octanol–water partition coefficient (Wildman–Crippen LogP) is 2.81.